The maximum absolute atomic E-state index is 13.6. The van der Waals surface area contributed by atoms with Crippen LogP contribution in [0.3, 0.4) is 0 Å². The third kappa shape index (κ3) is 5.88. The van der Waals surface area contributed by atoms with Gasteiger partial charge >= 0.3 is 6.18 Å². The SMILES string of the molecule is O=C(Nc1ccc(NC(=O)c2ccc(COc3ccc(F)cc3)o2)c(C(F)(F)F)c1)c1ccco1. The lowest BCUT2D eigenvalue weighted by Gasteiger charge is -2.15. The fourth-order valence-corrected chi connectivity index (χ4v) is 3.01. The van der Waals surface area contributed by atoms with Gasteiger partial charge in [-0.05, 0) is 66.7 Å². The topological polar surface area (TPSA) is 93.7 Å². The van der Waals surface area contributed by atoms with E-state index < -0.39 is 35.1 Å². The minimum absolute atomic E-state index is 0.0760. The van der Waals surface area contributed by atoms with Crippen LogP contribution in [0.15, 0.2) is 81.8 Å². The summed E-state index contributed by atoms with van der Waals surface area (Å²) in [6.07, 6.45) is -3.57. The van der Waals surface area contributed by atoms with Crippen LogP contribution in [0, 0.1) is 5.82 Å². The average molecular weight is 488 g/mol. The Kier molecular flexibility index (Phi) is 6.58. The summed E-state index contributed by atoms with van der Waals surface area (Å²) in [4.78, 5) is 24.5. The van der Waals surface area contributed by atoms with E-state index in [9.17, 15) is 27.2 Å². The van der Waals surface area contributed by atoms with E-state index in [0.29, 0.717) is 11.8 Å². The lowest BCUT2D eigenvalue weighted by molar-refractivity contribution is -0.136. The molecular weight excluding hydrogens is 472 g/mol. The van der Waals surface area contributed by atoms with E-state index in [4.69, 9.17) is 13.6 Å². The Hall–Kier alpha value is -4.54. The minimum atomic E-state index is -4.83. The highest BCUT2D eigenvalue weighted by Crippen LogP contribution is 2.37. The molecule has 2 N–H and O–H groups in total. The van der Waals surface area contributed by atoms with Gasteiger partial charge in [0.1, 0.15) is 23.9 Å². The van der Waals surface area contributed by atoms with Crippen molar-refractivity contribution in [1.29, 1.82) is 0 Å². The summed E-state index contributed by atoms with van der Waals surface area (Å²) in [6.45, 7) is -0.0865. The maximum Gasteiger partial charge on any atom is 0.418 e. The number of anilines is 2. The first-order valence-electron chi connectivity index (χ1n) is 10.0. The van der Waals surface area contributed by atoms with Crippen molar-refractivity contribution < 1.29 is 40.7 Å². The number of benzene rings is 2. The van der Waals surface area contributed by atoms with Crippen molar-refractivity contribution in [2.24, 2.45) is 0 Å². The quantitative estimate of drug-likeness (QED) is 0.306. The van der Waals surface area contributed by atoms with E-state index in [1.54, 1.807) is 0 Å². The first-order valence-corrected chi connectivity index (χ1v) is 10.0. The average Bonchev–Trinajstić information content (AvgIpc) is 3.52. The molecule has 4 rings (SSSR count). The Morgan fingerprint density at radius 2 is 1.63 bits per heavy atom. The highest BCUT2D eigenvalue weighted by Gasteiger charge is 2.34. The van der Waals surface area contributed by atoms with Gasteiger partial charge < -0.3 is 24.2 Å². The summed E-state index contributed by atoms with van der Waals surface area (Å²) >= 11 is 0. The molecule has 4 aromatic rings. The lowest BCUT2D eigenvalue weighted by Crippen LogP contribution is -2.17. The number of hydrogen-bond donors (Lipinski definition) is 2. The molecule has 0 fully saturated rings. The Balaban J connectivity index is 1.45. The molecule has 0 aliphatic rings. The molecule has 2 amide bonds. The third-order valence-corrected chi connectivity index (χ3v) is 4.66. The van der Waals surface area contributed by atoms with E-state index in [-0.39, 0.29) is 29.6 Å². The van der Waals surface area contributed by atoms with Crippen molar-refractivity contribution in [1.82, 2.24) is 0 Å². The van der Waals surface area contributed by atoms with Crippen molar-refractivity contribution in [3.8, 4) is 5.75 Å². The molecule has 0 saturated heterocycles. The number of carbonyl (C=O) groups is 2. The second kappa shape index (κ2) is 9.75. The molecule has 11 heteroatoms. The summed E-state index contributed by atoms with van der Waals surface area (Å²) in [7, 11) is 0. The fraction of sp³-hybridized carbons (Fsp3) is 0.0833. The summed E-state index contributed by atoms with van der Waals surface area (Å²) in [5, 5.41) is 4.47. The molecular formula is C24H16F4N2O5. The summed E-state index contributed by atoms with van der Waals surface area (Å²) < 4.78 is 69.5. The molecule has 0 bridgehead atoms. The Bertz CT molecular complexity index is 1330. The number of hydrogen-bond acceptors (Lipinski definition) is 5. The molecule has 0 aliphatic heterocycles. The molecule has 0 atom stereocenters. The number of furan rings is 2. The monoisotopic (exact) mass is 488 g/mol. The predicted octanol–water partition coefficient (Wildman–Crippen LogP) is 6.11. The minimum Gasteiger partial charge on any atom is -0.486 e. The molecule has 2 aromatic heterocycles. The van der Waals surface area contributed by atoms with Crippen LogP contribution in [0.2, 0.25) is 0 Å². The largest absolute Gasteiger partial charge is 0.486 e. The van der Waals surface area contributed by atoms with E-state index in [1.807, 2.05) is 0 Å². The van der Waals surface area contributed by atoms with Gasteiger partial charge in [0.05, 0.1) is 17.5 Å². The molecule has 2 heterocycles. The molecule has 0 saturated carbocycles. The van der Waals surface area contributed by atoms with Gasteiger partial charge in [0.15, 0.2) is 11.5 Å². The van der Waals surface area contributed by atoms with Crippen LogP contribution in [0.25, 0.3) is 0 Å². The summed E-state index contributed by atoms with van der Waals surface area (Å²) in [6, 6.07) is 13.7. The first kappa shape index (κ1) is 23.6. The number of carbonyl (C=O) groups excluding carboxylic acids is 2. The predicted molar refractivity (Wildman–Crippen MR) is 115 cm³/mol. The van der Waals surface area contributed by atoms with E-state index in [1.165, 1.54) is 60.9 Å². The van der Waals surface area contributed by atoms with Crippen molar-refractivity contribution in [3.05, 3.63) is 102 Å². The molecule has 2 aromatic carbocycles. The van der Waals surface area contributed by atoms with Crippen LogP contribution in [-0.4, -0.2) is 11.8 Å². The highest BCUT2D eigenvalue weighted by atomic mass is 19.4. The molecule has 0 radical (unpaired) electrons. The zero-order valence-electron chi connectivity index (χ0n) is 17.7. The van der Waals surface area contributed by atoms with Gasteiger partial charge in [-0.1, -0.05) is 0 Å². The van der Waals surface area contributed by atoms with Crippen molar-refractivity contribution >= 4 is 23.2 Å². The molecule has 0 spiro atoms. The maximum atomic E-state index is 13.6. The highest BCUT2D eigenvalue weighted by molar-refractivity contribution is 6.04. The number of rotatable bonds is 7. The van der Waals surface area contributed by atoms with Crippen LogP contribution in [-0.2, 0) is 12.8 Å². The van der Waals surface area contributed by atoms with Crippen LogP contribution in [0.1, 0.15) is 32.4 Å². The van der Waals surface area contributed by atoms with E-state index in [2.05, 4.69) is 10.6 Å². The Morgan fingerprint density at radius 3 is 2.31 bits per heavy atom. The molecule has 0 unspecified atom stereocenters. The van der Waals surface area contributed by atoms with Crippen molar-refractivity contribution in [2.45, 2.75) is 12.8 Å². The second-order valence-corrected chi connectivity index (χ2v) is 7.15. The third-order valence-electron chi connectivity index (χ3n) is 4.66. The number of amides is 2. The van der Waals surface area contributed by atoms with Crippen LogP contribution >= 0.6 is 0 Å². The number of alkyl halides is 3. The second-order valence-electron chi connectivity index (χ2n) is 7.15. The number of halogens is 4. The Labute approximate surface area is 195 Å². The van der Waals surface area contributed by atoms with Crippen molar-refractivity contribution in [3.63, 3.8) is 0 Å². The standard InChI is InChI=1S/C24H16F4N2O5/c25-14-3-6-16(7-4-14)34-13-17-8-10-21(35-17)23(32)30-19-9-5-15(12-18(19)24(26,27)28)29-22(31)20-2-1-11-33-20/h1-12H,13H2,(H,29,31)(H,30,32). The van der Waals surface area contributed by atoms with Gasteiger partial charge in [-0.25, -0.2) is 4.39 Å². The zero-order valence-corrected chi connectivity index (χ0v) is 17.7. The van der Waals surface area contributed by atoms with Gasteiger partial charge in [-0.2, -0.15) is 13.2 Å². The van der Waals surface area contributed by atoms with Crippen molar-refractivity contribution in [2.75, 3.05) is 10.6 Å². The number of nitrogens with one attached hydrogen (secondary N) is 2. The zero-order chi connectivity index (χ0) is 25.0. The fourth-order valence-electron chi connectivity index (χ4n) is 3.01. The van der Waals surface area contributed by atoms with E-state index >= 15 is 0 Å². The van der Waals surface area contributed by atoms with Gasteiger partial charge in [0.25, 0.3) is 11.8 Å². The van der Waals surface area contributed by atoms with Gasteiger partial charge in [0, 0.05) is 5.69 Å². The molecule has 0 aliphatic carbocycles. The van der Waals surface area contributed by atoms with Crippen LogP contribution in [0.5, 0.6) is 5.75 Å². The Morgan fingerprint density at radius 1 is 0.886 bits per heavy atom. The van der Waals surface area contributed by atoms with Gasteiger partial charge in [0.2, 0.25) is 0 Å². The number of ether oxygens (including phenoxy) is 1. The summed E-state index contributed by atoms with van der Waals surface area (Å²) in [5.74, 6) is -1.81. The smallest absolute Gasteiger partial charge is 0.418 e. The lowest BCUT2D eigenvalue weighted by atomic mass is 10.1. The molecule has 180 valence electrons. The van der Waals surface area contributed by atoms with E-state index in [0.717, 1.165) is 6.07 Å². The normalized spacial score (nSPS) is 11.2. The van der Waals surface area contributed by atoms with Gasteiger partial charge in [-0.15, -0.1) is 0 Å². The first-order chi connectivity index (χ1) is 16.7. The summed E-state index contributed by atoms with van der Waals surface area (Å²) in [5.41, 5.74) is -1.84. The molecule has 7 nitrogen and oxygen atoms in total. The van der Waals surface area contributed by atoms with Crippen LogP contribution < -0.4 is 15.4 Å². The molecule has 35 heavy (non-hydrogen) atoms. The van der Waals surface area contributed by atoms with Gasteiger partial charge in [-0.3, -0.25) is 9.59 Å². The van der Waals surface area contributed by atoms with Crippen LogP contribution in [0.4, 0.5) is 28.9 Å².